The van der Waals surface area contributed by atoms with Crippen molar-refractivity contribution in [3.8, 4) is 0 Å². The zero-order valence-corrected chi connectivity index (χ0v) is 12.7. The number of unbranched alkanes of at least 4 members (excludes halogenated alkanes) is 3. The molecule has 100 valence electrons. The Bertz CT molecular complexity index is 216. The van der Waals surface area contributed by atoms with E-state index in [0.717, 1.165) is 31.1 Å². The number of hydrogen-bond donors (Lipinski definition) is 0. The lowest BCUT2D eigenvalue weighted by Gasteiger charge is -2.37. The fourth-order valence-electron chi connectivity index (χ4n) is 2.29. The van der Waals surface area contributed by atoms with Gasteiger partial charge in [-0.15, -0.1) is 0 Å². The molecule has 1 saturated carbocycles. The summed E-state index contributed by atoms with van der Waals surface area (Å²) in [6.07, 6.45) is 10.4. The normalized spacial score (nSPS) is 15.6. The Hall–Kier alpha value is -0.0500. The molecule has 3 heteroatoms. The molecule has 0 unspecified atom stereocenters. The van der Waals surface area contributed by atoms with Gasteiger partial charge in [-0.25, -0.2) is 0 Å². The van der Waals surface area contributed by atoms with Crippen molar-refractivity contribution in [2.75, 3.05) is 11.9 Å². The first-order chi connectivity index (χ1) is 8.29. The molecule has 0 N–H and O–H groups in total. The zero-order valence-electron chi connectivity index (χ0n) is 11.1. The van der Waals surface area contributed by atoms with E-state index in [9.17, 15) is 4.79 Å². The van der Waals surface area contributed by atoms with Crippen molar-refractivity contribution in [1.82, 2.24) is 4.90 Å². The molecule has 0 aromatic carbocycles. The molecule has 0 aromatic rings. The average molecular weight is 304 g/mol. The van der Waals surface area contributed by atoms with Crippen molar-refractivity contribution in [2.45, 2.75) is 70.8 Å². The van der Waals surface area contributed by atoms with E-state index in [-0.39, 0.29) is 0 Å². The number of halogens is 1. The molecule has 0 aliphatic heterocycles. The van der Waals surface area contributed by atoms with Gasteiger partial charge in [0.2, 0.25) is 5.91 Å². The number of amides is 1. The van der Waals surface area contributed by atoms with E-state index in [4.69, 9.17) is 0 Å². The first-order valence-corrected chi connectivity index (χ1v) is 8.27. The van der Waals surface area contributed by atoms with Gasteiger partial charge in [-0.1, -0.05) is 42.1 Å². The van der Waals surface area contributed by atoms with E-state index in [2.05, 4.69) is 27.8 Å². The zero-order chi connectivity index (χ0) is 12.5. The highest BCUT2D eigenvalue weighted by Gasteiger charge is 2.27. The Balaban J connectivity index is 2.26. The summed E-state index contributed by atoms with van der Waals surface area (Å²) in [5, 5.41) is 0.999. The fraction of sp³-hybridized carbons (Fsp3) is 0.929. The van der Waals surface area contributed by atoms with Gasteiger partial charge in [-0.2, -0.15) is 0 Å². The largest absolute Gasteiger partial charge is 0.340 e. The van der Waals surface area contributed by atoms with Crippen molar-refractivity contribution in [3.05, 3.63) is 0 Å². The number of alkyl halides is 1. The summed E-state index contributed by atoms with van der Waals surface area (Å²) in [5.41, 5.74) is 0. The summed E-state index contributed by atoms with van der Waals surface area (Å²) in [4.78, 5) is 14.3. The third kappa shape index (κ3) is 5.41. The minimum Gasteiger partial charge on any atom is -0.340 e. The number of nitrogens with zero attached hydrogens (tertiary/aromatic N) is 1. The molecule has 0 aromatic heterocycles. The monoisotopic (exact) mass is 303 g/mol. The van der Waals surface area contributed by atoms with Gasteiger partial charge in [0, 0.05) is 24.3 Å². The highest BCUT2D eigenvalue weighted by molar-refractivity contribution is 9.09. The minimum absolute atomic E-state index is 0.395. The van der Waals surface area contributed by atoms with Crippen LogP contribution in [0.25, 0.3) is 0 Å². The number of hydrogen-bond acceptors (Lipinski definition) is 1. The van der Waals surface area contributed by atoms with E-state index >= 15 is 0 Å². The second-order valence-corrected chi connectivity index (χ2v) is 5.82. The number of carbonyl (C=O) groups excluding carboxylic acids is 1. The summed E-state index contributed by atoms with van der Waals surface area (Å²) in [6.45, 7) is 3.15. The van der Waals surface area contributed by atoms with E-state index in [0.29, 0.717) is 11.9 Å². The lowest BCUT2D eigenvalue weighted by Crippen LogP contribution is -2.44. The molecular formula is C14H26BrNO. The van der Waals surface area contributed by atoms with Gasteiger partial charge in [0.15, 0.2) is 0 Å². The van der Waals surface area contributed by atoms with E-state index < -0.39 is 0 Å². The Morgan fingerprint density at radius 2 is 2.00 bits per heavy atom. The summed E-state index contributed by atoms with van der Waals surface area (Å²) in [5.74, 6) is 0.395. The van der Waals surface area contributed by atoms with Crippen LogP contribution in [0.1, 0.15) is 64.7 Å². The van der Waals surface area contributed by atoms with Crippen LogP contribution < -0.4 is 0 Å². The third-order valence-corrected chi connectivity index (χ3v) is 4.17. The molecule has 0 saturated heterocycles. The maximum Gasteiger partial charge on any atom is 0.222 e. The first-order valence-electron chi connectivity index (χ1n) is 7.15. The summed E-state index contributed by atoms with van der Waals surface area (Å²) in [7, 11) is 0. The quantitative estimate of drug-likeness (QED) is 0.463. The molecule has 1 aliphatic carbocycles. The fourth-order valence-corrected chi connectivity index (χ4v) is 2.54. The molecular weight excluding hydrogens is 278 g/mol. The van der Waals surface area contributed by atoms with Gasteiger partial charge < -0.3 is 4.90 Å². The maximum atomic E-state index is 12.2. The van der Waals surface area contributed by atoms with Crippen LogP contribution >= 0.6 is 15.9 Å². The van der Waals surface area contributed by atoms with Crippen LogP contribution in [0, 0.1) is 0 Å². The van der Waals surface area contributed by atoms with Gasteiger partial charge >= 0.3 is 0 Å². The van der Waals surface area contributed by atoms with Crippen LogP contribution in [0.3, 0.4) is 0 Å². The van der Waals surface area contributed by atoms with Crippen molar-refractivity contribution in [1.29, 1.82) is 0 Å². The second kappa shape index (κ2) is 8.96. The maximum absolute atomic E-state index is 12.2. The van der Waals surface area contributed by atoms with Gasteiger partial charge in [0.05, 0.1) is 0 Å². The van der Waals surface area contributed by atoms with E-state index in [1.165, 1.54) is 38.5 Å². The summed E-state index contributed by atoms with van der Waals surface area (Å²) < 4.78 is 0. The Kier molecular flexibility index (Phi) is 7.91. The van der Waals surface area contributed by atoms with Crippen LogP contribution in [0.2, 0.25) is 0 Å². The van der Waals surface area contributed by atoms with Crippen LogP contribution in [0.5, 0.6) is 0 Å². The average Bonchev–Trinajstić information content (AvgIpc) is 2.27. The van der Waals surface area contributed by atoms with Crippen molar-refractivity contribution >= 4 is 21.8 Å². The Labute approximate surface area is 114 Å². The highest BCUT2D eigenvalue weighted by Crippen LogP contribution is 2.26. The molecule has 1 amide bonds. The van der Waals surface area contributed by atoms with Crippen molar-refractivity contribution in [2.24, 2.45) is 0 Å². The molecule has 2 nitrogen and oxygen atoms in total. The number of rotatable bonds is 9. The topological polar surface area (TPSA) is 20.3 Å². The van der Waals surface area contributed by atoms with Gasteiger partial charge in [0.1, 0.15) is 0 Å². The molecule has 1 aliphatic rings. The molecule has 0 heterocycles. The SMILES string of the molecule is CCCCCCC(=O)N(CCCBr)C1CCC1. The predicted molar refractivity (Wildman–Crippen MR) is 76.5 cm³/mol. The minimum atomic E-state index is 0.395. The van der Waals surface area contributed by atoms with Crippen molar-refractivity contribution < 1.29 is 4.79 Å². The van der Waals surface area contributed by atoms with E-state index in [1.807, 2.05) is 0 Å². The first kappa shape index (κ1) is 15.0. The standard InChI is InChI=1S/C14H26BrNO/c1-2-3-4-5-10-14(17)16(12-7-11-15)13-8-6-9-13/h13H,2-12H2,1H3. The Morgan fingerprint density at radius 3 is 2.53 bits per heavy atom. The van der Waals surface area contributed by atoms with Gasteiger partial charge in [0.25, 0.3) is 0 Å². The third-order valence-electron chi connectivity index (χ3n) is 3.61. The smallest absolute Gasteiger partial charge is 0.222 e. The lowest BCUT2D eigenvalue weighted by atomic mass is 9.91. The summed E-state index contributed by atoms with van der Waals surface area (Å²) in [6, 6.07) is 0.563. The second-order valence-electron chi connectivity index (χ2n) is 5.03. The highest BCUT2D eigenvalue weighted by atomic mass is 79.9. The van der Waals surface area contributed by atoms with Crippen LogP contribution in [-0.2, 0) is 4.79 Å². The van der Waals surface area contributed by atoms with Crippen LogP contribution in [0.4, 0.5) is 0 Å². The molecule has 0 spiro atoms. The molecule has 0 bridgehead atoms. The number of carbonyl (C=O) groups is 1. The molecule has 17 heavy (non-hydrogen) atoms. The van der Waals surface area contributed by atoms with E-state index in [1.54, 1.807) is 0 Å². The van der Waals surface area contributed by atoms with Crippen molar-refractivity contribution in [3.63, 3.8) is 0 Å². The molecule has 1 rings (SSSR count). The Morgan fingerprint density at radius 1 is 1.24 bits per heavy atom. The van der Waals surface area contributed by atoms with Crippen LogP contribution in [0.15, 0.2) is 0 Å². The lowest BCUT2D eigenvalue weighted by molar-refractivity contribution is -0.135. The predicted octanol–water partition coefficient (Wildman–Crippen LogP) is 4.12. The molecule has 0 radical (unpaired) electrons. The van der Waals surface area contributed by atoms with Crippen LogP contribution in [-0.4, -0.2) is 28.7 Å². The molecule has 1 fully saturated rings. The van der Waals surface area contributed by atoms with Gasteiger partial charge in [-0.05, 0) is 32.1 Å². The van der Waals surface area contributed by atoms with Gasteiger partial charge in [-0.3, -0.25) is 4.79 Å². The molecule has 0 atom stereocenters. The summed E-state index contributed by atoms with van der Waals surface area (Å²) >= 11 is 3.45.